The topological polar surface area (TPSA) is 81.8 Å². The zero-order chi connectivity index (χ0) is 12.1. The molecule has 0 radical (unpaired) electrons. The average molecular weight is 227 g/mol. The maximum atomic E-state index is 10.7. The van der Waals surface area contributed by atoms with Crippen LogP contribution in [0, 0.1) is 10.1 Å². The van der Waals surface area contributed by atoms with Gasteiger partial charge in [0.2, 0.25) is 0 Å². The minimum Gasteiger partial charge on any atom is -0.496 e. The Morgan fingerprint density at radius 2 is 2.25 bits per heavy atom. The average Bonchev–Trinajstić information content (AvgIpc) is 2.25. The highest BCUT2D eigenvalue weighted by Gasteiger charge is 2.16. The molecular weight excluding hydrogens is 214 g/mol. The van der Waals surface area contributed by atoms with E-state index in [1.165, 1.54) is 26.2 Å². The fraction of sp³-hybridized carbons (Fsp3) is 0.400. The highest BCUT2D eigenvalue weighted by atomic mass is 16.6. The lowest BCUT2D eigenvalue weighted by Gasteiger charge is -2.09. The minimum atomic E-state index is -0.679. The molecule has 0 aromatic heterocycles. The first-order valence-corrected chi connectivity index (χ1v) is 4.68. The van der Waals surface area contributed by atoms with Crippen molar-refractivity contribution < 1.29 is 19.5 Å². The van der Waals surface area contributed by atoms with Crippen molar-refractivity contribution in [2.45, 2.75) is 13.0 Å². The summed E-state index contributed by atoms with van der Waals surface area (Å²) in [5.41, 5.74) is -0.181. The molecule has 88 valence electrons. The fourth-order valence-electron chi connectivity index (χ4n) is 1.10. The molecule has 0 aliphatic heterocycles. The number of benzene rings is 1. The number of aliphatic hydroxyl groups is 1. The van der Waals surface area contributed by atoms with Gasteiger partial charge in [0.1, 0.15) is 12.4 Å². The molecule has 6 nitrogen and oxygen atoms in total. The van der Waals surface area contributed by atoms with E-state index in [0.29, 0.717) is 5.75 Å². The van der Waals surface area contributed by atoms with Gasteiger partial charge in [-0.2, -0.15) is 0 Å². The lowest BCUT2D eigenvalue weighted by atomic mass is 10.3. The third-order valence-electron chi connectivity index (χ3n) is 1.84. The van der Waals surface area contributed by atoms with Gasteiger partial charge in [0.15, 0.2) is 5.75 Å². The van der Waals surface area contributed by atoms with Crippen LogP contribution in [0.2, 0.25) is 0 Å². The standard InChI is InChI=1S/C10H13NO5/c1-7(12)6-16-10-4-3-8(15-2)5-9(10)11(13)14/h3-5,7,12H,6H2,1-2H3/t7-/m1/s1. The Balaban J connectivity index is 2.94. The van der Waals surface area contributed by atoms with E-state index in [1.54, 1.807) is 6.07 Å². The van der Waals surface area contributed by atoms with Gasteiger partial charge in [0, 0.05) is 0 Å². The van der Waals surface area contributed by atoms with E-state index in [1.807, 2.05) is 0 Å². The van der Waals surface area contributed by atoms with Crippen LogP contribution in [0.1, 0.15) is 6.92 Å². The van der Waals surface area contributed by atoms with Crippen molar-refractivity contribution in [2.75, 3.05) is 13.7 Å². The van der Waals surface area contributed by atoms with Crippen molar-refractivity contribution in [3.8, 4) is 11.5 Å². The molecule has 1 N–H and O–H groups in total. The van der Waals surface area contributed by atoms with Gasteiger partial charge in [-0.3, -0.25) is 10.1 Å². The number of nitro groups is 1. The van der Waals surface area contributed by atoms with Crippen molar-refractivity contribution in [1.29, 1.82) is 0 Å². The Morgan fingerprint density at radius 3 is 2.75 bits per heavy atom. The Labute approximate surface area is 92.6 Å². The number of rotatable bonds is 5. The van der Waals surface area contributed by atoms with Crippen molar-refractivity contribution >= 4 is 5.69 Å². The van der Waals surface area contributed by atoms with E-state index >= 15 is 0 Å². The summed E-state index contributed by atoms with van der Waals surface area (Å²) < 4.78 is 9.99. The number of aliphatic hydroxyl groups excluding tert-OH is 1. The maximum Gasteiger partial charge on any atom is 0.314 e. The molecule has 1 aromatic rings. The molecule has 0 heterocycles. The van der Waals surface area contributed by atoms with Crippen LogP contribution in [0.3, 0.4) is 0 Å². The molecule has 0 saturated carbocycles. The molecule has 0 unspecified atom stereocenters. The normalized spacial score (nSPS) is 11.9. The van der Waals surface area contributed by atoms with E-state index in [-0.39, 0.29) is 18.0 Å². The van der Waals surface area contributed by atoms with E-state index in [0.717, 1.165) is 0 Å². The van der Waals surface area contributed by atoms with E-state index < -0.39 is 11.0 Å². The first-order valence-electron chi connectivity index (χ1n) is 4.68. The van der Waals surface area contributed by atoms with Gasteiger partial charge in [0.05, 0.1) is 24.2 Å². The second kappa shape index (κ2) is 5.32. The van der Waals surface area contributed by atoms with Crippen molar-refractivity contribution in [2.24, 2.45) is 0 Å². The summed E-state index contributed by atoms with van der Waals surface area (Å²) in [6.45, 7) is 1.54. The predicted molar refractivity (Wildman–Crippen MR) is 56.8 cm³/mol. The fourth-order valence-corrected chi connectivity index (χ4v) is 1.10. The largest absolute Gasteiger partial charge is 0.496 e. The first kappa shape index (κ1) is 12.3. The second-order valence-electron chi connectivity index (χ2n) is 3.25. The Hall–Kier alpha value is -1.82. The van der Waals surface area contributed by atoms with Crippen LogP contribution >= 0.6 is 0 Å². The van der Waals surface area contributed by atoms with Crippen LogP contribution in [0.5, 0.6) is 11.5 Å². The monoisotopic (exact) mass is 227 g/mol. The Morgan fingerprint density at radius 1 is 1.56 bits per heavy atom. The van der Waals surface area contributed by atoms with Crippen LogP contribution < -0.4 is 9.47 Å². The molecule has 1 rings (SSSR count). The van der Waals surface area contributed by atoms with E-state index in [2.05, 4.69) is 0 Å². The van der Waals surface area contributed by atoms with Gasteiger partial charge in [0.25, 0.3) is 0 Å². The predicted octanol–water partition coefficient (Wildman–Crippen LogP) is 1.36. The van der Waals surface area contributed by atoms with Gasteiger partial charge in [-0.05, 0) is 19.1 Å². The highest BCUT2D eigenvalue weighted by Crippen LogP contribution is 2.30. The highest BCUT2D eigenvalue weighted by molar-refractivity contribution is 5.50. The van der Waals surface area contributed by atoms with Gasteiger partial charge in [-0.25, -0.2) is 0 Å². The van der Waals surface area contributed by atoms with Crippen molar-refractivity contribution in [3.05, 3.63) is 28.3 Å². The Kier molecular flexibility index (Phi) is 4.07. The summed E-state index contributed by atoms with van der Waals surface area (Å²) in [5.74, 6) is 0.503. The Bertz CT molecular complexity index is 377. The summed E-state index contributed by atoms with van der Waals surface area (Å²) in [6.07, 6.45) is -0.679. The van der Waals surface area contributed by atoms with Gasteiger partial charge in [-0.15, -0.1) is 0 Å². The van der Waals surface area contributed by atoms with Crippen LogP contribution in [0.15, 0.2) is 18.2 Å². The van der Waals surface area contributed by atoms with Gasteiger partial charge in [-0.1, -0.05) is 0 Å². The quantitative estimate of drug-likeness (QED) is 0.606. The summed E-state index contributed by atoms with van der Waals surface area (Å²) in [5, 5.41) is 19.8. The zero-order valence-corrected chi connectivity index (χ0v) is 9.04. The van der Waals surface area contributed by atoms with Gasteiger partial charge >= 0.3 is 5.69 Å². The van der Waals surface area contributed by atoms with E-state index in [9.17, 15) is 10.1 Å². The summed E-state index contributed by atoms with van der Waals surface area (Å²) in [4.78, 5) is 10.2. The molecule has 0 aliphatic carbocycles. The summed E-state index contributed by atoms with van der Waals surface area (Å²) >= 11 is 0. The van der Waals surface area contributed by atoms with Gasteiger partial charge < -0.3 is 14.6 Å². The van der Waals surface area contributed by atoms with Crippen molar-refractivity contribution in [3.63, 3.8) is 0 Å². The van der Waals surface area contributed by atoms with E-state index in [4.69, 9.17) is 14.6 Å². The molecule has 0 saturated heterocycles. The van der Waals surface area contributed by atoms with Crippen LogP contribution in [0.25, 0.3) is 0 Å². The third kappa shape index (κ3) is 3.09. The third-order valence-corrected chi connectivity index (χ3v) is 1.84. The molecule has 1 atom stereocenters. The van der Waals surface area contributed by atoms with Crippen LogP contribution in [0.4, 0.5) is 5.69 Å². The number of nitro benzene ring substituents is 1. The molecule has 0 amide bonds. The summed E-state index contributed by atoms with van der Waals surface area (Å²) in [6, 6.07) is 4.28. The number of methoxy groups -OCH3 is 1. The molecule has 0 spiro atoms. The number of hydrogen-bond donors (Lipinski definition) is 1. The SMILES string of the molecule is COc1ccc(OC[C@@H](C)O)c([N+](=O)[O-])c1. The first-order chi connectivity index (χ1) is 7.54. The lowest BCUT2D eigenvalue weighted by molar-refractivity contribution is -0.386. The molecule has 0 bridgehead atoms. The second-order valence-corrected chi connectivity index (χ2v) is 3.25. The molecule has 0 aliphatic rings. The molecule has 0 fully saturated rings. The molecule has 1 aromatic carbocycles. The number of nitrogens with zero attached hydrogens (tertiary/aromatic N) is 1. The molecular formula is C10H13NO5. The number of hydrogen-bond acceptors (Lipinski definition) is 5. The maximum absolute atomic E-state index is 10.7. The van der Waals surface area contributed by atoms with Crippen LogP contribution in [-0.4, -0.2) is 29.9 Å². The summed E-state index contributed by atoms with van der Waals surface area (Å²) in [7, 11) is 1.43. The minimum absolute atomic E-state index is 0.00711. The van der Waals surface area contributed by atoms with Crippen LogP contribution in [-0.2, 0) is 0 Å². The lowest BCUT2D eigenvalue weighted by Crippen LogP contribution is -2.13. The smallest absolute Gasteiger partial charge is 0.314 e. The molecule has 6 heteroatoms. The zero-order valence-electron chi connectivity index (χ0n) is 9.04. The number of ether oxygens (including phenoxy) is 2. The molecule has 16 heavy (non-hydrogen) atoms. The van der Waals surface area contributed by atoms with Crippen molar-refractivity contribution in [1.82, 2.24) is 0 Å².